The minimum atomic E-state index is -0.475. The molecule has 0 aliphatic heterocycles. The number of carbonyl (C=O) groups excluding carboxylic acids is 1. The van der Waals surface area contributed by atoms with Crippen molar-refractivity contribution >= 4 is 28.5 Å². The molecule has 116 valence electrons. The molecule has 0 fully saturated rings. The van der Waals surface area contributed by atoms with Crippen molar-refractivity contribution in [2.24, 2.45) is 0 Å². The lowest BCUT2D eigenvalue weighted by Gasteiger charge is -2.10. The van der Waals surface area contributed by atoms with Gasteiger partial charge in [-0.05, 0) is 49.2 Å². The first-order valence-electron chi connectivity index (χ1n) is 7.32. The Hall–Kier alpha value is -2.69. The van der Waals surface area contributed by atoms with Gasteiger partial charge in [0.05, 0.1) is 18.0 Å². The first kappa shape index (κ1) is 15.7. The van der Waals surface area contributed by atoms with Gasteiger partial charge in [-0.1, -0.05) is 19.1 Å². The van der Waals surface area contributed by atoms with E-state index in [2.05, 4.69) is 34.6 Å². The zero-order chi connectivity index (χ0) is 15.9. The van der Waals surface area contributed by atoms with E-state index in [0.29, 0.717) is 18.0 Å². The quantitative estimate of drug-likeness (QED) is 0.639. The van der Waals surface area contributed by atoms with Gasteiger partial charge in [0.25, 0.3) is 0 Å². The molecule has 0 aliphatic carbocycles. The maximum absolute atomic E-state index is 11.2. The third-order valence-electron chi connectivity index (χ3n) is 3.26. The van der Waals surface area contributed by atoms with Gasteiger partial charge in [-0.3, -0.25) is 5.32 Å². The van der Waals surface area contributed by atoms with Gasteiger partial charge in [-0.2, -0.15) is 0 Å². The molecule has 2 heterocycles. The molecule has 2 aromatic heterocycles. The Balaban J connectivity index is 0.000000205. The molecule has 0 aliphatic rings. The summed E-state index contributed by atoms with van der Waals surface area (Å²) in [7, 11) is 0. The lowest BCUT2D eigenvalue weighted by Crippen LogP contribution is -2.14. The molecule has 1 aromatic carbocycles. The van der Waals surface area contributed by atoms with Crippen LogP contribution in [0.3, 0.4) is 0 Å². The second-order valence-electron chi connectivity index (χ2n) is 4.78. The molecule has 5 heteroatoms. The average molecular weight is 299 g/mol. The van der Waals surface area contributed by atoms with Crippen molar-refractivity contribution in [1.82, 2.24) is 4.98 Å². The Morgan fingerprint density at radius 3 is 2.23 bits per heavy atom. The van der Waals surface area contributed by atoms with Crippen molar-refractivity contribution in [2.75, 3.05) is 17.7 Å². The molecule has 0 unspecified atom stereocenters. The van der Waals surface area contributed by atoms with E-state index in [0.717, 1.165) is 12.0 Å². The molecule has 2 bridgehead atoms. The molecule has 3 rings (SSSR count). The number of H-pyrrole nitrogens is 1. The maximum atomic E-state index is 11.2. The minimum absolute atomic E-state index is 0.346. The van der Waals surface area contributed by atoms with Gasteiger partial charge in [0.2, 0.25) is 0 Å². The van der Waals surface area contributed by atoms with E-state index in [9.17, 15) is 4.79 Å². The summed E-state index contributed by atoms with van der Waals surface area (Å²) in [6, 6.07) is 13.8. The summed E-state index contributed by atoms with van der Waals surface area (Å²) in [5, 5.41) is 2.60. The highest BCUT2D eigenvalue weighted by Crippen LogP contribution is 2.23. The Kier molecular flexibility index (Phi) is 5.25. The lowest BCUT2D eigenvalue weighted by atomic mass is 10.1. The van der Waals surface area contributed by atoms with E-state index < -0.39 is 6.09 Å². The van der Waals surface area contributed by atoms with Crippen molar-refractivity contribution in [3.8, 4) is 0 Å². The second-order valence-corrected chi connectivity index (χ2v) is 4.78. The average Bonchev–Trinajstić information content (AvgIpc) is 3.16. The van der Waals surface area contributed by atoms with Gasteiger partial charge in [0, 0.05) is 11.0 Å². The van der Waals surface area contributed by atoms with Crippen LogP contribution in [-0.4, -0.2) is 17.7 Å². The predicted octanol–water partition coefficient (Wildman–Crippen LogP) is 4.01. The number of benzene rings is 2. The van der Waals surface area contributed by atoms with Gasteiger partial charge in [0.1, 0.15) is 0 Å². The maximum Gasteiger partial charge on any atom is 0.411 e. The number of rotatable bonds is 3. The highest BCUT2D eigenvalue weighted by molar-refractivity contribution is 5.89. The Morgan fingerprint density at radius 2 is 1.77 bits per heavy atom. The van der Waals surface area contributed by atoms with Crippen molar-refractivity contribution in [3.63, 3.8) is 0 Å². The zero-order valence-electron chi connectivity index (χ0n) is 12.8. The molecule has 0 saturated heterocycles. The summed E-state index contributed by atoms with van der Waals surface area (Å²) in [6.07, 6.45) is 0.363. The fourth-order valence-corrected chi connectivity index (χ4v) is 2.11. The van der Waals surface area contributed by atoms with Crippen LogP contribution in [0.25, 0.3) is 11.0 Å². The van der Waals surface area contributed by atoms with Crippen molar-refractivity contribution in [2.45, 2.75) is 20.3 Å². The number of amides is 1. The van der Waals surface area contributed by atoms with Gasteiger partial charge in [-0.25, -0.2) is 4.79 Å². The van der Waals surface area contributed by atoms with Crippen LogP contribution in [0.5, 0.6) is 0 Å². The summed E-state index contributed by atoms with van der Waals surface area (Å²) in [5.74, 6) is 0. The van der Waals surface area contributed by atoms with Crippen LogP contribution in [0.15, 0.2) is 42.5 Å². The van der Waals surface area contributed by atoms with E-state index in [4.69, 9.17) is 10.5 Å². The molecule has 22 heavy (non-hydrogen) atoms. The zero-order valence-corrected chi connectivity index (χ0v) is 12.8. The number of hydrogen-bond acceptors (Lipinski definition) is 3. The molecule has 3 aromatic rings. The summed E-state index contributed by atoms with van der Waals surface area (Å²) in [6.45, 7) is 4.12. The molecule has 4 N–H and O–H groups in total. The summed E-state index contributed by atoms with van der Waals surface area (Å²) >= 11 is 0. The molecular formula is C17H21N3O2. The number of carbonyl (C=O) groups is 1. The second kappa shape index (κ2) is 7.36. The summed E-state index contributed by atoms with van der Waals surface area (Å²) in [5.41, 5.74) is 10.5. The number of anilines is 2. The Morgan fingerprint density at radius 1 is 1.14 bits per heavy atom. The van der Waals surface area contributed by atoms with Gasteiger partial charge in [0.15, 0.2) is 0 Å². The Bertz CT molecular complexity index is 676. The topological polar surface area (TPSA) is 80.1 Å². The Labute approximate surface area is 129 Å². The molecule has 0 spiro atoms. The van der Waals surface area contributed by atoms with Crippen molar-refractivity contribution in [3.05, 3.63) is 48.0 Å². The smallest absolute Gasteiger partial charge is 0.411 e. The minimum Gasteiger partial charge on any atom is -0.450 e. The highest BCUT2D eigenvalue weighted by atomic mass is 16.5. The molecule has 5 nitrogen and oxygen atoms in total. The third kappa shape index (κ3) is 3.91. The standard InChI is InChI=1S/C11H16N2O2.C6H5N/c1-3-8-6-5-7-9(10(8)12)13-11(14)15-4-2;1-2-6-4-3-5(1)7-6/h5-7H,3-4,12H2,1-2H3,(H,13,14);1-4,7H. The van der Waals surface area contributed by atoms with Crippen LogP contribution in [0, 0.1) is 0 Å². The van der Waals surface area contributed by atoms with E-state index in [-0.39, 0.29) is 0 Å². The fourth-order valence-electron chi connectivity index (χ4n) is 2.11. The van der Waals surface area contributed by atoms with E-state index in [1.807, 2.05) is 19.1 Å². The number of para-hydroxylation sites is 1. The van der Waals surface area contributed by atoms with Crippen LogP contribution in [0.2, 0.25) is 0 Å². The van der Waals surface area contributed by atoms with Crippen LogP contribution in [0.1, 0.15) is 19.4 Å². The number of hydrogen-bond donors (Lipinski definition) is 3. The van der Waals surface area contributed by atoms with Crippen LogP contribution in [0.4, 0.5) is 16.2 Å². The van der Waals surface area contributed by atoms with Crippen LogP contribution >= 0.6 is 0 Å². The van der Waals surface area contributed by atoms with Crippen LogP contribution in [-0.2, 0) is 11.2 Å². The first-order chi connectivity index (χ1) is 10.6. The van der Waals surface area contributed by atoms with E-state index in [1.54, 1.807) is 13.0 Å². The number of aryl methyl sites for hydroxylation is 1. The normalized spacial score (nSPS) is 10.1. The summed E-state index contributed by atoms with van der Waals surface area (Å²) in [4.78, 5) is 14.3. The molecule has 0 atom stereocenters. The predicted molar refractivity (Wildman–Crippen MR) is 90.4 cm³/mol. The number of aromatic nitrogens is 1. The molecular weight excluding hydrogens is 278 g/mol. The first-order valence-corrected chi connectivity index (χ1v) is 7.32. The van der Waals surface area contributed by atoms with Gasteiger partial charge in [-0.15, -0.1) is 0 Å². The fraction of sp³-hybridized carbons (Fsp3) is 0.235. The summed E-state index contributed by atoms with van der Waals surface area (Å²) < 4.78 is 4.77. The molecule has 0 saturated carbocycles. The van der Waals surface area contributed by atoms with E-state index >= 15 is 0 Å². The molecule has 1 amide bonds. The van der Waals surface area contributed by atoms with Gasteiger partial charge >= 0.3 is 6.09 Å². The van der Waals surface area contributed by atoms with E-state index in [1.165, 1.54) is 11.0 Å². The monoisotopic (exact) mass is 299 g/mol. The number of nitrogen functional groups attached to an aromatic ring is 1. The number of nitrogens with two attached hydrogens (primary N) is 1. The van der Waals surface area contributed by atoms with Crippen molar-refractivity contribution in [1.29, 1.82) is 0 Å². The third-order valence-corrected chi connectivity index (χ3v) is 3.26. The number of nitrogens with one attached hydrogen (secondary N) is 2. The molecule has 0 radical (unpaired) electrons. The largest absolute Gasteiger partial charge is 0.450 e. The van der Waals surface area contributed by atoms with Gasteiger partial charge < -0.3 is 15.5 Å². The SMILES string of the molecule is CCOC(=O)Nc1cccc(CC)c1N.c1cc2ccc1[nH]2. The van der Waals surface area contributed by atoms with Crippen molar-refractivity contribution < 1.29 is 9.53 Å². The number of aromatic amines is 1. The number of fused-ring (bicyclic) bond motifs is 2. The highest BCUT2D eigenvalue weighted by Gasteiger charge is 2.07. The number of ether oxygens (including phenoxy) is 1. The lowest BCUT2D eigenvalue weighted by molar-refractivity contribution is 0.168. The van der Waals surface area contributed by atoms with Crippen LogP contribution < -0.4 is 11.1 Å².